The lowest BCUT2D eigenvalue weighted by molar-refractivity contribution is 0.0625. The Balaban J connectivity index is 1.59. The van der Waals surface area contributed by atoms with Crippen molar-refractivity contribution in [2.24, 2.45) is 0 Å². The van der Waals surface area contributed by atoms with Gasteiger partial charge in [0.1, 0.15) is 10.5 Å². The van der Waals surface area contributed by atoms with Crippen molar-refractivity contribution in [1.29, 1.82) is 0 Å². The molecule has 1 aliphatic heterocycles. The third kappa shape index (κ3) is 3.34. The summed E-state index contributed by atoms with van der Waals surface area (Å²) in [6.45, 7) is 1.45. The Bertz CT molecular complexity index is 1110. The molecule has 0 saturated heterocycles. The molecule has 3 aromatic rings. The predicted molar refractivity (Wildman–Crippen MR) is 99.1 cm³/mol. The molecule has 27 heavy (non-hydrogen) atoms. The van der Waals surface area contributed by atoms with E-state index in [9.17, 15) is 13.5 Å². The first kappa shape index (κ1) is 17.7. The topological polar surface area (TPSA) is 97.8 Å². The molecule has 4 rings (SSSR count). The largest absolute Gasteiger partial charge is 0.454 e. The van der Waals surface area contributed by atoms with E-state index < -0.39 is 15.6 Å². The number of hydrogen-bond acceptors (Lipinski definition) is 6. The van der Waals surface area contributed by atoms with Crippen LogP contribution in [0.5, 0.6) is 11.5 Å². The van der Waals surface area contributed by atoms with Gasteiger partial charge in [0.15, 0.2) is 11.5 Å². The molecular formula is C19H18N2O5S. The molecule has 0 saturated carbocycles. The van der Waals surface area contributed by atoms with Crippen molar-refractivity contribution in [3.8, 4) is 11.5 Å². The lowest BCUT2D eigenvalue weighted by atomic mass is 9.96. The van der Waals surface area contributed by atoms with Gasteiger partial charge in [-0.05, 0) is 36.8 Å². The normalized spacial score (nSPS) is 15.6. The smallest absolute Gasteiger partial charge is 0.242 e. The number of aliphatic hydroxyl groups is 1. The van der Waals surface area contributed by atoms with Crippen molar-refractivity contribution in [2.45, 2.75) is 17.4 Å². The molecule has 2 N–H and O–H groups in total. The molecule has 2 heterocycles. The van der Waals surface area contributed by atoms with Crippen molar-refractivity contribution in [2.75, 3.05) is 13.3 Å². The van der Waals surface area contributed by atoms with Crippen molar-refractivity contribution < 1.29 is 23.0 Å². The van der Waals surface area contributed by atoms with Gasteiger partial charge in [0.25, 0.3) is 0 Å². The number of ether oxygens (including phenoxy) is 2. The van der Waals surface area contributed by atoms with Gasteiger partial charge in [-0.15, -0.1) is 0 Å². The molecule has 1 atom stereocenters. The number of pyridine rings is 1. The van der Waals surface area contributed by atoms with Crippen LogP contribution >= 0.6 is 0 Å². The van der Waals surface area contributed by atoms with Crippen LogP contribution in [0, 0.1) is 0 Å². The summed E-state index contributed by atoms with van der Waals surface area (Å²) >= 11 is 0. The fraction of sp³-hybridized carbons (Fsp3) is 0.211. The van der Waals surface area contributed by atoms with E-state index in [1.165, 1.54) is 13.0 Å². The van der Waals surface area contributed by atoms with E-state index in [1.807, 2.05) is 0 Å². The lowest BCUT2D eigenvalue weighted by Crippen LogP contribution is -2.38. The van der Waals surface area contributed by atoms with Gasteiger partial charge < -0.3 is 14.6 Å². The summed E-state index contributed by atoms with van der Waals surface area (Å²) in [5, 5.41) is 11.5. The molecule has 140 valence electrons. The first-order valence-electron chi connectivity index (χ1n) is 8.33. The van der Waals surface area contributed by atoms with E-state index in [0.717, 1.165) is 5.39 Å². The van der Waals surface area contributed by atoms with E-state index in [2.05, 4.69) is 9.71 Å². The third-order valence-corrected chi connectivity index (χ3v) is 5.92. The second-order valence-electron chi connectivity index (χ2n) is 6.50. The Morgan fingerprint density at radius 1 is 1.15 bits per heavy atom. The highest BCUT2D eigenvalue weighted by Crippen LogP contribution is 2.35. The van der Waals surface area contributed by atoms with E-state index >= 15 is 0 Å². The zero-order valence-electron chi connectivity index (χ0n) is 14.5. The minimum absolute atomic E-state index is 0.0714. The Morgan fingerprint density at radius 3 is 2.78 bits per heavy atom. The van der Waals surface area contributed by atoms with Crippen LogP contribution in [0.25, 0.3) is 10.9 Å². The Labute approximate surface area is 156 Å². The number of hydrogen-bond donors (Lipinski definition) is 2. The van der Waals surface area contributed by atoms with E-state index in [0.29, 0.717) is 22.6 Å². The van der Waals surface area contributed by atoms with Gasteiger partial charge in [-0.3, -0.25) is 4.98 Å². The number of fused-ring (bicyclic) bond motifs is 2. The number of benzene rings is 2. The number of nitrogens with one attached hydrogen (secondary N) is 1. The van der Waals surface area contributed by atoms with Crippen LogP contribution < -0.4 is 14.2 Å². The fourth-order valence-electron chi connectivity index (χ4n) is 2.94. The highest BCUT2D eigenvalue weighted by Gasteiger charge is 2.29. The predicted octanol–water partition coefficient (Wildman–Crippen LogP) is 2.15. The zero-order valence-corrected chi connectivity index (χ0v) is 15.4. The van der Waals surface area contributed by atoms with E-state index in [1.54, 1.807) is 48.7 Å². The fourth-order valence-corrected chi connectivity index (χ4v) is 4.25. The van der Waals surface area contributed by atoms with Crippen LogP contribution in [0.3, 0.4) is 0 Å². The maximum atomic E-state index is 12.8. The maximum absolute atomic E-state index is 12.8. The average Bonchev–Trinajstić information content (AvgIpc) is 3.14. The summed E-state index contributed by atoms with van der Waals surface area (Å²) in [7, 11) is -3.87. The second kappa shape index (κ2) is 6.49. The number of nitrogens with zero attached hydrogens (tertiary/aromatic N) is 1. The Hall–Kier alpha value is -2.68. The monoisotopic (exact) mass is 386 g/mol. The number of para-hydroxylation sites is 1. The molecule has 2 aromatic carbocycles. The molecule has 1 aliphatic rings. The molecule has 7 nitrogen and oxygen atoms in total. The average molecular weight is 386 g/mol. The summed E-state index contributed by atoms with van der Waals surface area (Å²) in [6, 6.07) is 13.5. The summed E-state index contributed by atoms with van der Waals surface area (Å²) in [5.41, 5.74) is -0.535. The van der Waals surface area contributed by atoms with Crippen LogP contribution in [0.1, 0.15) is 12.5 Å². The minimum Gasteiger partial charge on any atom is -0.454 e. The van der Waals surface area contributed by atoms with Crippen molar-refractivity contribution in [3.63, 3.8) is 0 Å². The summed E-state index contributed by atoms with van der Waals surface area (Å²) < 4.78 is 38.7. The summed E-state index contributed by atoms with van der Waals surface area (Å²) in [5.74, 6) is 1.12. The van der Waals surface area contributed by atoms with Gasteiger partial charge >= 0.3 is 0 Å². The minimum atomic E-state index is -3.87. The quantitative estimate of drug-likeness (QED) is 0.697. The number of rotatable bonds is 5. The van der Waals surface area contributed by atoms with Crippen molar-refractivity contribution in [1.82, 2.24) is 9.71 Å². The Morgan fingerprint density at radius 2 is 1.93 bits per heavy atom. The highest BCUT2D eigenvalue weighted by molar-refractivity contribution is 7.89. The van der Waals surface area contributed by atoms with E-state index in [4.69, 9.17) is 9.47 Å². The maximum Gasteiger partial charge on any atom is 0.242 e. The van der Waals surface area contributed by atoms with Gasteiger partial charge in [-0.2, -0.15) is 0 Å². The van der Waals surface area contributed by atoms with Crippen LogP contribution in [0.15, 0.2) is 59.6 Å². The third-order valence-electron chi connectivity index (χ3n) is 4.49. The van der Waals surface area contributed by atoms with Gasteiger partial charge in [0.05, 0.1) is 5.52 Å². The van der Waals surface area contributed by atoms with Gasteiger partial charge in [-0.1, -0.05) is 24.3 Å². The Kier molecular flexibility index (Phi) is 4.26. The molecule has 8 heteroatoms. The molecule has 0 amide bonds. The van der Waals surface area contributed by atoms with Crippen LogP contribution in [-0.4, -0.2) is 31.8 Å². The van der Waals surface area contributed by atoms with Crippen LogP contribution in [0.2, 0.25) is 0 Å². The second-order valence-corrected chi connectivity index (χ2v) is 8.23. The molecule has 0 fully saturated rings. The number of sulfonamides is 1. The lowest BCUT2D eigenvalue weighted by Gasteiger charge is -2.24. The molecule has 0 bridgehead atoms. The van der Waals surface area contributed by atoms with Crippen molar-refractivity contribution in [3.05, 3.63) is 60.3 Å². The zero-order chi connectivity index (χ0) is 19.1. The SMILES string of the molecule is CC(O)(CNS(=O)(=O)c1cccc2cccnc12)c1ccc2c(c1)OCO2. The standard InChI is InChI=1S/C19H18N2O5S/c1-19(22,14-7-8-15-16(10-14)26-12-25-15)11-21-27(23,24)17-6-2-4-13-5-3-9-20-18(13)17/h2-10,21-22H,11-12H2,1H3. The van der Waals surface area contributed by atoms with Gasteiger partial charge in [0.2, 0.25) is 16.8 Å². The number of aromatic nitrogens is 1. The van der Waals surface area contributed by atoms with Gasteiger partial charge in [-0.25, -0.2) is 13.1 Å². The highest BCUT2D eigenvalue weighted by atomic mass is 32.2. The van der Waals surface area contributed by atoms with Crippen LogP contribution in [-0.2, 0) is 15.6 Å². The molecule has 0 spiro atoms. The first-order chi connectivity index (χ1) is 12.9. The molecule has 0 aliphatic carbocycles. The van der Waals surface area contributed by atoms with Crippen molar-refractivity contribution >= 4 is 20.9 Å². The molecule has 1 aromatic heterocycles. The van der Waals surface area contributed by atoms with Gasteiger partial charge in [0, 0.05) is 18.1 Å². The first-order valence-corrected chi connectivity index (χ1v) is 9.81. The summed E-state index contributed by atoms with van der Waals surface area (Å²) in [6.07, 6.45) is 1.55. The molecular weight excluding hydrogens is 368 g/mol. The molecule has 0 radical (unpaired) electrons. The summed E-state index contributed by atoms with van der Waals surface area (Å²) in [4.78, 5) is 4.25. The van der Waals surface area contributed by atoms with Crippen LogP contribution in [0.4, 0.5) is 0 Å². The molecule has 1 unspecified atom stereocenters. The van der Waals surface area contributed by atoms with E-state index in [-0.39, 0.29) is 18.2 Å².